The lowest BCUT2D eigenvalue weighted by Crippen LogP contribution is -2.23. The Morgan fingerprint density at radius 1 is 1.25 bits per heavy atom. The van der Waals surface area contributed by atoms with Crippen LogP contribution in [0.1, 0.15) is 21.5 Å². The van der Waals surface area contributed by atoms with E-state index in [1.54, 1.807) is 7.05 Å². The first-order valence-electron chi connectivity index (χ1n) is 6.62. The highest BCUT2D eigenvalue weighted by Crippen LogP contribution is 2.30. The molecule has 3 N–H and O–H groups in total. The van der Waals surface area contributed by atoms with E-state index in [9.17, 15) is 4.79 Å². The number of rotatable bonds is 3. The zero-order chi connectivity index (χ0) is 14.1. The lowest BCUT2D eigenvalue weighted by Gasteiger charge is -2.15. The first-order chi connectivity index (χ1) is 9.69. The number of nitrogens with zero attached hydrogens (tertiary/aromatic N) is 1. The van der Waals surface area contributed by atoms with E-state index in [0.29, 0.717) is 18.8 Å². The lowest BCUT2D eigenvalue weighted by molar-refractivity contribution is 0.0766. The normalized spacial score (nSPS) is 13.4. The van der Waals surface area contributed by atoms with Crippen molar-refractivity contribution in [3.63, 3.8) is 0 Å². The molecule has 0 aliphatic carbocycles. The molecule has 0 radical (unpaired) electrons. The number of hydrogen-bond acceptors (Lipinski definition) is 3. The van der Waals surface area contributed by atoms with E-state index in [2.05, 4.69) is 5.32 Å². The van der Waals surface area contributed by atoms with Crippen molar-refractivity contribution in [2.75, 3.05) is 18.1 Å². The monoisotopic (exact) mass is 267 g/mol. The maximum absolute atomic E-state index is 12.4. The van der Waals surface area contributed by atoms with Gasteiger partial charge in [0.2, 0.25) is 0 Å². The van der Waals surface area contributed by atoms with Crippen LogP contribution in [0.4, 0.5) is 11.4 Å². The molecular formula is C16H17N3O. The summed E-state index contributed by atoms with van der Waals surface area (Å²) in [6.07, 6.45) is 0. The zero-order valence-corrected chi connectivity index (χ0v) is 11.4. The summed E-state index contributed by atoms with van der Waals surface area (Å²) in [6, 6.07) is 13.7. The fraction of sp³-hybridized carbons (Fsp3) is 0.188. The average molecular weight is 267 g/mol. The molecule has 0 atom stereocenters. The van der Waals surface area contributed by atoms with Crippen molar-refractivity contribution in [2.45, 2.75) is 13.1 Å². The highest BCUT2D eigenvalue weighted by molar-refractivity contribution is 6.00. The van der Waals surface area contributed by atoms with E-state index < -0.39 is 0 Å². The van der Waals surface area contributed by atoms with Crippen LogP contribution in [0.2, 0.25) is 0 Å². The summed E-state index contributed by atoms with van der Waals surface area (Å²) in [5.74, 6) is 0.0698. The average Bonchev–Trinajstić information content (AvgIpc) is 2.75. The Morgan fingerprint density at radius 3 is 2.70 bits per heavy atom. The van der Waals surface area contributed by atoms with Crippen LogP contribution >= 0.6 is 0 Å². The van der Waals surface area contributed by atoms with Gasteiger partial charge in [-0.25, -0.2) is 0 Å². The van der Waals surface area contributed by atoms with E-state index in [1.807, 2.05) is 47.4 Å². The molecule has 0 unspecified atom stereocenters. The number of anilines is 2. The van der Waals surface area contributed by atoms with Gasteiger partial charge in [-0.2, -0.15) is 0 Å². The van der Waals surface area contributed by atoms with Gasteiger partial charge < -0.3 is 16.0 Å². The number of hydrogen-bond donors (Lipinski definition) is 2. The molecule has 0 bridgehead atoms. The van der Waals surface area contributed by atoms with E-state index in [1.165, 1.54) is 0 Å². The molecule has 0 aromatic heterocycles. The van der Waals surface area contributed by atoms with Crippen LogP contribution in [0.5, 0.6) is 0 Å². The summed E-state index contributed by atoms with van der Waals surface area (Å²) >= 11 is 0. The zero-order valence-electron chi connectivity index (χ0n) is 11.4. The van der Waals surface area contributed by atoms with Crippen LogP contribution < -0.4 is 11.1 Å². The Labute approximate surface area is 118 Å². The van der Waals surface area contributed by atoms with Gasteiger partial charge >= 0.3 is 0 Å². The molecular weight excluding hydrogens is 250 g/mol. The van der Waals surface area contributed by atoms with E-state index >= 15 is 0 Å². The van der Waals surface area contributed by atoms with Gasteiger partial charge in [0.05, 0.1) is 11.4 Å². The van der Waals surface area contributed by atoms with Gasteiger partial charge in [0.1, 0.15) is 0 Å². The lowest BCUT2D eigenvalue weighted by atomic mass is 10.1. The second-order valence-electron chi connectivity index (χ2n) is 4.99. The van der Waals surface area contributed by atoms with Crippen molar-refractivity contribution in [1.82, 2.24) is 4.90 Å². The third kappa shape index (κ3) is 2.09. The minimum absolute atomic E-state index is 0.0698. The maximum atomic E-state index is 12.4. The minimum atomic E-state index is 0.0698. The second-order valence-corrected chi connectivity index (χ2v) is 4.99. The molecule has 0 spiro atoms. The Hall–Kier alpha value is -2.49. The highest BCUT2D eigenvalue weighted by atomic mass is 16.2. The fourth-order valence-electron chi connectivity index (χ4n) is 2.59. The predicted octanol–water partition coefficient (Wildman–Crippen LogP) is 2.47. The Morgan fingerprint density at radius 2 is 2.00 bits per heavy atom. The first kappa shape index (κ1) is 12.5. The van der Waals surface area contributed by atoms with E-state index in [4.69, 9.17) is 5.73 Å². The number of carbonyl (C=O) groups excluding carboxylic acids is 1. The Balaban J connectivity index is 1.87. The molecule has 1 aliphatic rings. The van der Waals surface area contributed by atoms with E-state index in [0.717, 1.165) is 22.4 Å². The number of carbonyl (C=O) groups is 1. The van der Waals surface area contributed by atoms with Gasteiger partial charge in [-0.15, -0.1) is 0 Å². The number of nitrogens with one attached hydrogen (secondary N) is 1. The summed E-state index contributed by atoms with van der Waals surface area (Å²) in [5, 5.41) is 3.01. The third-order valence-electron chi connectivity index (χ3n) is 3.64. The molecule has 2 aromatic rings. The smallest absolute Gasteiger partial charge is 0.254 e. The number of benzene rings is 2. The first-order valence-corrected chi connectivity index (χ1v) is 6.62. The summed E-state index contributed by atoms with van der Waals surface area (Å²) in [5.41, 5.74) is 10.3. The quantitative estimate of drug-likeness (QED) is 0.840. The Bertz CT molecular complexity index is 652. The SMILES string of the molecule is CNc1cc2c(cc1N)CN(Cc1ccccc1)C2=O. The topological polar surface area (TPSA) is 58.4 Å². The van der Waals surface area contributed by atoms with Crippen molar-refractivity contribution in [3.05, 3.63) is 59.2 Å². The van der Waals surface area contributed by atoms with Crippen LogP contribution in [0.3, 0.4) is 0 Å². The summed E-state index contributed by atoms with van der Waals surface area (Å²) in [4.78, 5) is 14.3. The van der Waals surface area contributed by atoms with Crippen LogP contribution in [0, 0.1) is 0 Å². The van der Waals surface area contributed by atoms with Crippen molar-refractivity contribution >= 4 is 17.3 Å². The van der Waals surface area contributed by atoms with Crippen LogP contribution in [-0.2, 0) is 13.1 Å². The molecule has 4 nitrogen and oxygen atoms in total. The largest absolute Gasteiger partial charge is 0.397 e. The van der Waals surface area contributed by atoms with Gasteiger partial charge in [0.15, 0.2) is 0 Å². The molecule has 1 aliphatic heterocycles. The van der Waals surface area contributed by atoms with Gasteiger partial charge in [0.25, 0.3) is 5.91 Å². The molecule has 3 rings (SSSR count). The molecule has 0 saturated carbocycles. The molecule has 1 amide bonds. The summed E-state index contributed by atoms with van der Waals surface area (Å²) < 4.78 is 0. The standard InChI is InChI=1S/C16H17N3O/c1-18-15-8-13-12(7-14(15)17)10-19(16(13)20)9-11-5-3-2-4-6-11/h2-8,18H,9-10,17H2,1H3. The van der Waals surface area contributed by atoms with Crippen LogP contribution in [0.15, 0.2) is 42.5 Å². The van der Waals surface area contributed by atoms with Crippen molar-refractivity contribution in [1.29, 1.82) is 0 Å². The molecule has 0 fully saturated rings. The van der Waals surface area contributed by atoms with Crippen LogP contribution in [0.25, 0.3) is 0 Å². The number of amides is 1. The number of fused-ring (bicyclic) bond motifs is 1. The number of nitrogens with two attached hydrogens (primary N) is 1. The maximum Gasteiger partial charge on any atom is 0.254 e. The highest BCUT2D eigenvalue weighted by Gasteiger charge is 2.28. The van der Waals surface area contributed by atoms with Crippen molar-refractivity contribution in [3.8, 4) is 0 Å². The van der Waals surface area contributed by atoms with Crippen molar-refractivity contribution < 1.29 is 4.79 Å². The third-order valence-corrected chi connectivity index (χ3v) is 3.64. The minimum Gasteiger partial charge on any atom is -0.397 e. The molecule has 1 heterocycles. The van der Waals surface area contributed by atoms with E-state index in [-0.39, 0.29) is 5.91 Å². The second kappa shape index (κ2) is 4.89. The van der Waals surface area contributed by atoms with Gasteiger partial charge in [-0.3, -0.25) is 4.79 Å². The molecule has 102 valence electrons. The fourth-order valence-corrected chi connectivity index (χ4v) is 2.59. The Kier molecular flexibility index (Phi) is 3.06. The van der Waals surface area contributed by atoms with Crippen LogP contribution in [-0.4, -0.2) is 17.9 Å². The molecule has 2 aromatic carbocycles. The molecule has 20 heavy (non-hydrogen) atoms. The van der Waals surface area contributed by atoms with Gasteiger partial charge in [-0.05, 0) is 23.3 Å². The summed E-state index contributed by atoms with van der Waals surface area (Å²) in [6.45, 7) is 1.25. The molecule has 0 saturated heterocycles. The summed E-state index contributed by atoms with van der Waals surface area (Å²) in [7, 11) is 1.80. The molecule has 4 heteroatoms. The number of nitrogen functional groups attached to an aromatic ring is 1. The van der Waals surface area contributed by atoms with Gasteiger partial charge in [-0.1, -0.05) is 30.3 Å². The predicted molar refractivity (Wildman–Crippen MR) is 80.4 cm³/mol. The van der Waals surface area contributed by atoms with Crippen molar-refractivity contribution in [2.24, 2.45) is 0 Å². The van der Waals surface area contributed by atoms with Gasteiger partial charge in [0, 0.05) is 25.7 Å².